The van der Waals surface area contributed by atoms with Crippen molar-refractivity contribution in [2.75, 3.05) is 47.6 Å². The Hall–Kier alpha value is -1.74. The van der Waals surface area contributed by atoms with E-state index in [9.17, 15) is 0 Å². The van der Waals surface area contributed by atoms with E-state index in [0.717, 1.165) is 54.4 Å². The molecule has 0 aliphatic carbocycles. The molecule has 2 aromatic rings. The molecule has 1 aliphatic heterocycles. The zero-order chi connectivity index (χ0) is 17.6. The summed E-state index contributed by atoms with van der Waals surface area (Å²) < 4.78 is 15.9. The first kappa shape index (κ1) is 20.6. The van der Waals surface area contributed by atoms with Gasteiger partial charge in [0.1, 0.15) is 0 Å². The third-order valence-electron chi connectivity index (χ3n) is 4.35. The van der Waals surface area contributed by atoms with Crippen LogP contribution in [0, 0.1) is 0 Å². The highest BCUT2D eigenvalue weighted by Crippen LogP contribution is 2.32. The highest BCUT2D eigenvalue weighted by Gasteiger charge is 2.16. The lowest BCUT2D eigenvalue weighted by atomic mass is 10.1. The van der Waals surface area contributed by atoms with E-state index >= 15 is 0 Å². The molecule has 0 saturated heterocycles. The molecule has 7 heteroatoms. The van der Waals surface area contributed by atoms with Gasteiger partial charge < -0.3 is 24.4 Å². The smallest absolute Gasteiger partial charge is 0.194 e. The topological polar surface area (TPSA) is 55.3 Å². The molecule has 6 nitrogen and oxygen atoms in total. The van der Waals surface area contributed by atoms with E-state index in [0.29, 0.717) is 6.61 Å². The lowest BCUT2D eigenvalue weighted by molar-refractivity contribution is 0.178. The Labute approximate surface area is 171 Å². The van der Waals surface area contributed by atoms with E-state index in [-0.39, 0.29) is 24.0 Å². The number of hydrogen-bond donors (Lipinski definition) is 1. The van der Waals surface area contributed by atoms with Crippen LogP contribution in [0.5, 0.6) is 11.5 Å². The molecule has 0 saturated carbocycles. The number of methoxy groups -OCH3 is 3. The summed E-state index contributed by atoms with van der Waals surface area (Å²) in [6, 6.07) is 10.4. The zero-order valence-electron chi connectivity index (χ0n) is 15.4. The van der Waals surface area contributed by atoms with Gasteiger partial charge in [0.25, 0.3) is 0 Å². The maximum atomic E-state index is 5.40. The average molecular weight is 471 g/mol. The standard InChI is InChI=1S/C19H25N3O3.HI/c1-23-9-8-22-7-6-20-19(22)21-13-14-4-5-15-11-17(24-2)18(25-3)12-16(15)10-14;/h4-5,10-12H,6-9,13H2,1-3H3,(H,20,21);1H. The minimum absolute atomic E-state index is 0. The maximum absolute atomic E-state index is 5.40. The molecule has 0 amide bonds. The first-order valence-corrected chi connectivity index (χ1v) is 8.42. The van der Waals surface area contributed by atoms with Crippen LogP contribution < -0.4 is 14.8 Å². The van der Waals surface area contributed by atoms with Gasteiger partial charge in [-0.1, -0.05) is 12.1 Å². The zero-order valence-corrected chi connectivity index (χ0v) is 17.8. The fourth-order valence-corrected chi connectivity index (χ4v) is 2.98. The van der Waals surface area contributed by atoms with Crippen molar-refractivity contribution in [3.63, 3.8) is 0 Å². The van der Waals surface area contributed by atoms with E-state index in [4.69, 9.17) is 14.2 Å². The molecule has 0 atom stereocenters. The molecule has 26 heavy (non-hydrogen) atoms. The first-order chi connectivity index (χ1) is 12.2. The van der Waals surface area contributed by atoms with Crippen LogP contribution in [0.15, 0.2) is 35.3 Å². The van der Waals surface area contributed by atoms with Crippen molar-refractivity contribution in [3.8, 4) is 11.5 Å². The number of halogens is 1. The first-order valence-electron chi connectivity index (χ1n) is 8.42. The summed E-state index contributed by atoms with van der Waals surface area (Å²) in [6.07, 6.45) is 0. The molecule has 0 fully saturated rings. The SMILES string of the molecule is COCCN1CCN=C1NCc1ccc2cc(OC)c(OC)cc2c1.I. The lowest BCUT2D eigenvalue weighted by Crippen LogP contribution is -2.39. The van der Waals surface area contributed by atoms with Crippen LogP contribution in [-0.4, -0.2) is 58.4 Å². The van der Waals surface area contributed by atoms with Crippen molar-refractivity contribution in [2.24, 2.45) is 4.99 Å². The molecule has 0 aromatic heterocycles. The van der Waals surface area contributed by atoms with E-state index in [1.165, 1.54) is 5.56 Å². The third-order valence-corrected chi connectivity index (χ3v) is 4.35. The van der Waals surface area contributed by atoms with Crippen LogP contribution in [0.25, 0.3) is 10.8 Å². The highest BCUT2D eigenvalue weighted by molar-refractivity contribution is 14.0. The summed E-state index contributed by atoms with van der Waals surface area (Å²) in [7, 11) is 5.03. The second-order valence-electron chi connectivity index (χ2n) is 5.93. The van der Waals surface area contributed by atoms with Crippen molar-refractivity contribution in [1.82, 2.24) is 10.2 Å². The van der Waals surface area contributed by atoms with Gasteiger partial charge in [0.05, 0.1) is 27.4 Å². The van der Waals surface area contributed by atoms with Gasteiger partial charge in [0, 0.05) is 26.7 Å². The molecule has 1 N–H and O–H groups in total. The largest absolute Gasteiger partial charge is 0.493 e. The molecular formula is C19H26IN3O3. The second-order valence-corrected chi connectivity index (χ2v) is 5.93. The monoisotopic (exact) mass is 471 g/mol. The van der Waals surface area contributed by atoms with Gasteiger partial charge in [-0.05, 0) is 34.5 Å². The molecule has 1 aliphatic rings. The van der Waals surface area contributed by atoms with E-state index in [2.05, 4.69) is 33.4 Å². The fourth-order valence-electron chi connectivity index (χ4n) is 2.98. The van der Waals surface area contributed by atoms with E-state index in [1.54, 1.807) is 21.3 Å². The van der Waals surface area contributed by atoms with Gasteiger partial charge in [-0.2, -0.15) is 0 Å². The molecule has 142 valence electrons. The predicted octanol–water partition coefficient (Wildman–Crippen LogP) is 2.88. The number of hydrogen-bond acceptors (Lipinski definition) is 6. The summed E-state index contributed by atoms with van der Waals surface area (Å²) >= 11 is 0. The fraction of sp³-hybridized carbons (Fsp3) is 0.421. The second kappa shape index (κ2) is 9.82. The number of nitrogens with one attached hydrogen (secondary N) is 1. The van der Waals surface area contributed by atoms with Crippen molar-refractivity contribution in [3.05, 3.63) is 35.9 Å². The van der Waals surface area contributed by atoms with E-state index < -0.39 is 0 Å². The van der Waals surface area contributed by atoms with Crippen LogP contribution in [0.4, 0.5) is 0 Å². The Balaban J connectivity index is 0.00000243. The Morgan fingerprint density at radius 1 is 1.04 bits per heavy atom. The number of benzene rings is 2. The third kappa shape index (κ3) is 4.70. The molecule has 0 unspecified atom stereocenters. The molecule has 3 rings (SSSR count). The quantitative estimate of drug-likeness (QED) is 0.630. The Kier molecular flexibility index (Phi) is 7.77. The number of aliphatic imine (C=N–C) groups is 1. The molecular weight excluding hydrogens is 445 g/mol. The van der Waals surface area contributed by atoms with Gasteiger partial charge in [0.15, 0.2) is 17.5 Å². The van der Waals surface area contributed by atoms with Crippen LogP contribution in [0.2, 0.25) is 0 Å². The normalized spacial score (nSPS) is 13.3. The Morgan fingerprint density at radius 2 is 1.77 bits per heavy atom. The summed E-state index contributed by atoms with van der Waals surface area (Å²) in [5.74, 6) is 2.44. The van der Waals surface area contributed by atoms with Crippen LogP contribution in [0.3, 0.4) is 0 Å². The Bertz CT molecular complexity index is 767. The van der Waals surface area contributed by atoms with Gasteiger partial charge in [-0.15, -0.1) is 24.0 Å². The van der Waals surface area contributed by atoms with E-state index in [1.807, 2.05) is 12.1 Å². The van der Waals surface area contributed by atoms with Gasteiger partial charge in [0.2, 0.25) is 0 Å². The molecule has 0 bridgehead atoms. The van der Waals surface area contributed by atoms with Crippen molar-refractivity contribution in [2.45, 2.75) is 6.54 Å². The van der Waals surface area contributed by atoms with Crippen molar-refractivity contribution in [1.29, 1.82) is 0 Å². The van der Waals surface area contributed by atoms with Gasteiger partial charge in [-0.3, -0.25) is 4.99 Å². The number of ether oxygens (including phenoxy) is 3. The summed E-state index contributed by atoms with van der Waals surface area (Å²) in [4.78, 5) is 6.76. The van der Waals surface area contributed by atoms with Crippen LogP contribution in [0.1, 0.15) is 5.56 Å². The lowest BCUT2D eigenvalue weighted by Gasteiger charge is -2.20. The number of fused-ring (bicyclic) bond motifs is 1. The molecule has 0 spiro atoms. The average Bonchev–Trinajstić information content (AvgIpc) is 3.10. The van der Waals surface area contributed by atoms with Gasteiger partial charge in [-0.25, -0.2) is 0 Å². The molecule has 0 radical (unpaired) electrons. The number of rotatable bonds is 7. The minimum atomic E-state index is 0. The summed E-state index contributed by atoms with van der Waals surface area (Å²) in [5, 5.41) is 5.69. The van der Waals surface area contributed by atoms with Crippen molar-refractivity contribution < 1.29 is 14.2 Å². The number of guanidine groups is 1. The molecule has 1 heterocycles. The summed E-state index contributed by atoms with van der Waals surface area (Å²) in [6.45, 7) is 4.07. The van der Waals surface area contributed by atoms with Gasteiger partial charge >= 0.3 is 0 Å². The predicted molar refractivity (Wildman–Crippen MR) is 115 cm³/mol. The minimum Gasteiger partial charge on any atom is -0.493 e. The highest BCUT2D eigenvalue weighted by atomic mass is 127. The number of nitrogens with zero attached hydrogens (tertiary/aromatic N) is 2. The molecule has 2 aromatic carbocycles. The van der Waals surface area contributed by atoms with Crippen LogP contribution in [-0.2, 0) is 11.3 Å². The van der Waals surface area contributed by atoms with Crippen LogP contribution >= 0.6 is 24.0 Å². The van der Waals surface area contributed by atoms with Crippen molar-refractivity contribution >= 4 is 40.7 Å². The Morgan fingerprint density at radius 3 is 2.46 bits per heavy atom. The maximum Gasteiger partial charge on any atom is 0.194 e. The summed E-state index contributed by atoms with van der Waals surface area (Å²) in [5.41, 5.74) is 1.20.